The SMILES string of the molecule is C[C@H](O)/C=C\C/C=C\C/C=C\CCCCCCCC(=O)N[C@@H](CCC(N)=O)C(=O)O. The Bertz CT molecular complexity index is 582. The van der Waals surface area contributed by atoms with Crippen LogP contribution < -0.4 is 11.1 Å². The van der Waals surface area contributed by atoms with E-state index < -0.39 is 17.9 Å². The van der Waals surface area contributed by atoms with Gasteiger partial charge in [0, 0.05) is 12.8 Å². The van der Waals surface area contributed by atoms with E-state index in [0.29, 0.717) is 6.42 Å². The first-order chi connectivity index (χ1) is 14.3. The van der Waals surface area contributed by atoms with Crippen molar-refractivity contribution >= 4 is 17.8 Å². The molecule has 170 valence electrons. The molecular formula is C23H38N2O5. The van der Waals surface area contributed by atoms with Gasteiger partial charge in [0.15, 0.2) is 0 Å². The third kappa shape index (κ3) is 18.9. The van der Waals surface area contributed by atoms with Gasteiger partial charge < -0.3 is 21.3 Å². The van der Waals surface area contributed by atoms with Gasteiger partial charge in [-0.15, -0.1) is 0 Å². The zero-order valence-corrected chi connectivity index (χ0v) is 18.1. The first-order valence-corrected chi connectivity index (χ1v) is 10.8. The number of aliphatic hydroxyl groups excluding tert-OH is 1. The number of carboxylic acids is 1. The number of nitrogens with one attached hydrogen (secondary N) is 1. The minimum atomic E-state index is -1.15. The minimum Gasteiger partial charge on any atom is -0.480 e. The van der Waals surface area contributed by atoms with Gasteiger partial charge in [0.05, 0.1) is 6.10 Å². The highest BCUT2D eigenvalue weighted by atomic mass is 16.4. The lowest BCUT2D eigenvalue weighted by molar-refractivity contribution is -0.142. The second-order valence-electron chi connectivity index (χ2n) is 7.35. The fourth-order valence-electron chi connectivity index (χ4n) is 2.73. The quantitative estimate of drug-likeness (QED) is 0.199. The molecular weight excluding hydrogens is 384 g/mol. The van der Waals surface area contributed by atoms with Crippen molar-refractivity contribution in [2.75, 3.05) is 0 Å². The number of carbonyl (C=O) groups excluding carboxylic acids is 2. The van der Waals surface area contributed by atoms with Crippen LogP contribution in [-0.4, -0.2) is 40.1 Å². The third-order valence-corrected chi connectivity index (χ3v) is 4.38. The molecule has 0 radical (unpaired) electrons. The van der Waals surface area contributed by atoms with Crippen LogP contribution in [0.4, 0.5) is 0 Å². The first kappa shape index (κ1) is 27.6. The number of carbonyl (C=O) groups is 3. The van der Waals surface area contributed by atoms with Gasteiger partial charge >= 0.3 is 5.97 Å². The average molecular weight is 423 g/mol. The number of nitrogens with two attached hydrogens (primary N) is 1. The largest absolute Gasteiger partial charge is 0.480 e. The Balaban J connectivity index is 3.66. The number of carboxylic acid groups (broad SMARTS) is 1. The molecule has 0 aliphatic heterocycles. The molecule has 0 aliphatic carbocycles. The summed E-state index contributed by atoms with van der Waals surface area (Å²) < 4.78 is 0. The van der Waals surface area contributed by atoms with Gasteiger partial charge in [-0.3, -0.25) is 9.59 Å². The highest BCUT2D eigenvalue weighted by Crippen LogP contribution is 2.08. The summed E-state index contributed by atoms with van der Waals surface area (Å²) in [6.45, 7) is 1.73. The van der Waals surface area contributed by atoms with Crippen molar-refractivity contribution in [3.8, 4) is 0 Å². The Hall–Kier alpha value is -2.41. The number of primary amides is 1. The van der Waals surface area contributed by atoms with Crippen LogP contribution in [0.25, 0.3) is 0 Å². The number of aliphatic hydroxyl groups is 1. The minimum absolute atomic E-state index is 0.0136. The normalized spacial score (nSPS) is 13.8. The average Bonchev–Trinajstić information content (AvgIpc) is 2.67. The van der Waals surface area contributed by atoms with Crippen LogP contribution in [0.5, 0.6) is 0 Å². The summed E-state index contributed by atoms with van der Waals surface area (Å²) in [5.74, 6) is -2.03. The Kier molecular flexibility index (Phi) is 17.1. The number of amides is 2. The van der Waals surface area contributed by atoms with Crippen molar-refractivity contribution in [1.29, 1.82) is 0 Å². The van der Waals surface area contributed by atoms with Crippen LogP contribution in [0.1, 0.15) is 77.6 Å². The van der Waals surface area contributed by atoms with E-state index in [9.17, 15) is 14.4 Å². The van der Waals surface area contributed by atoms with Gasteiger partial charge in [0.1, 0.15) is 6.04 Å². The van der Waals surface area contributed by atoms with Crippen LogP contribution in [0, 0.1) is 0 Å². The zero-order valence-electron chi connectivity index (χ0n) is 18.1. The van der Waals surface area contributed by atoms with Crippen LogP contribution in [-0.2, 0) is 14.4 Å². The van der Waals surface area contributed by atoms with Gasteiger partial charge in [-0.2, -0.15) is 0 Å². The van der Waals surface area contributed by atoms with Crippen molar-refractivity contribution in [2.45, 2.75) is 89.7 Å². The molecule has 5 N–H and O–H groups in total. The second kappa shape index (κ2) is 18.6. The lowest BCUT2D eigenvalue weighted by Crippen LogP contribution is -2.41. The van der Waals surface area contributed by atoms with E-state index in [-0.39, 0.29) is 24.9 Å². The zero-order chi connectivity index (χ0) is 22.6. The summed E-state index contributed by atoms with van der Waals surface area (Å²) >= 11 is 0. The molecule has 0 saturated carbocycles. The molecule has 0 unspecified atom stereocenters. The van der Waals surface area contributed by atoms with Crippen molar-refractivity contribution in [3.05, 3.63) is 36.5 Å². The van der Waals surface area contributed by atoms with Gasteiger partial charge in [0.2, 0.25) is 11.8 Å². The number of rotatable bonds is 18. The highest BCUT2D eigenvalue weighted by Gasteiger charge is 2.20. The van der Waals surface area contributed by atoms with Crippen molar-refractivity contribution < 1.29 is 24.6 Å². The van der Waals surface area contributed by atoms with Crippen LogP contribution >= 0.6 is 0 Å². The van der Waals surface area contributed by atoms with Gasteiger partial charge in [-0.25, -0.2) is 4.79 Å². The fraction of sp³-hybridized carbons (Fsp3) is 0.609. The summed E-state index contributed by atoms with van der Waals surface area (Å²) in [6.07, 6.45) is 19.8. The lowest BCUT2D eigenvalue weighted by Gasteiger charge is -2.13. The Morgan fingerprint density at radius 3 is 2.13 bits per heavy atom. The molecule has 0 fully saturated rings. The van der Waals surface area contributed by atoms with Gasteiger partial charge in [0.25, 0.3) is 0 Å². The molecule has 0 aliphatic rings. The maximum absolute atomic E-state index is 11.8. The molecule has 7 nitrogen and oxygen atoms in total. The predicted octanol–water partition coefficient (Wildman–Crippen LogP) is 3.38. The number of unbranched alkanes of at least 4 members (excludes halogenated alkanes) is 5. The molecule has 2 atom stereocenters. The van der Waals surface area contributed by atoms with E-state index in [0.717, 1.165) is 51.4 Å². The van der Waals surface area contributed by atoms with E-state index >= 15 is 0 Å². The summed E-state index contributed by atoms with van der Waals surface area (Å²) in [6, 6.07) is -1.06. The summed E-state index contributed by atoms with van der Waals surface area (Å²) in [4.78, 5) is 33.7. The molecule has 0 aromatic heterocycles. The second-order valence-corrected chi connectivity index (χ2v) is 7.35. The maximum Gasteiger partial charge on any atom is 0.326 e. The number of allylic oxidation sites excluding steroid dienone is 5. The van der Waals surface area contributed by atoms with Crippen LogP contribution in [0.3, 0.4) is 0 Å². The van der Waals surface area contributed by atoms with E-state index in [2.05, 4.69) is 29.6 Å². The maximum atomic E-state index is 11.8. The molecule has 0 aromatic carbocycles. The molecule has 0 bridgehead atoms. The number of hydrogen-bond donors (Lipinski definition) is 4. The van der Waals surface area contributed by atoms with Crippen LogP contribution in [0.2, 0.25) is 0 Å². The molecule has 2 amide bonds. The summed E-state index contributed by atoms with van der Waals surface area (Å²) in [5, 5.41) is 20.6. The Morgan fingerprint density at radius 2 is 1.50 bits per heavy atom. The predicted molar refractivity (Wildman–Crippen MR) is 119 cm³/mol. The lowest BCUT2D eigenvalue weighted by atomic mass is 10.1. The first-order valence-electron chi connectivity index (χ1n) is 10.8. The third-order valence-electron chi connectivity index (χ3n) is 4.38. The number of aliphatic carboxylic acids is 1. The Labute approximate surface area is 180 Å². The molecule has 0 saturated heterocycles. The van der Waals surface area contributed by atoms with E-state index in [4.69, 9.17) is 15.9 Å². The smallest absolute Gasteiger partial charge is 0.326 e. The molecule has 0 heterocycles. The van der Waals surface area contributed by atoms with Crippen LogP contribution in [0.15, 0.2) is 36.5 Å². The topological polar surface area (TPSA) is 130 Å². The molecule has 0 rings (SSSR count). The van der Waals surface area contributed by atoms with E-state index in [1.165, 1.54) is 0 Å². The van der Waals surface area contributed by atoms with Crippen molar-refractivity contribution in [1.82, 2.24) is 5.32 Å². The van der Waals surface area contributed by atoms with Gasteiger partial charge in [-0.1, -0.05) is 55.7 Å². The van der Waals surface area contributed by atoms with E-state index in [1.54, 1.807) is 13.0 Å². The monoisotopic (exact) mass is 422 g/mol. The molecule has 30 heavy (non-hydrogen) atoms. The highest BCUT2D eigenvalue weighted by molar-refractivity contribution is 5.84. The standard InChI is InChI=1S/C23H38N2O5/c1-19(26)15-13-11-9-7-5-3-2-4-6-8-10-12-14-16-22(28)25-20(23(29)30)17-18-21(24)27/h2-3,7,9,13,15,19-20,26H,4-6,8,10-12,14,16-18H2,1H3,(H2,24,27)(H,25,28)(H,29,30)/b3-2-,9-7-,15-13-/t19-,20-/m0/s1. The Morgan fingerprint density at radius 1 is 0.900 bits per heavy atom. The fourth-order valence-corrected chi connectivity index (χ4v) is 2.73. The molecule has 0 aromatic rings. The summed E-state index contributed by atoms with van der Waals surface area (Å²) in [7, 11) is 0. The number of hydrogen-bond acceptors (Lipinski definition) is 4. The van der Waals surface area contributed by atoms with Crippen molar-refractivity contribution in [2.24, 2.45) is 5.73 Å². The summed E-state index contributed by atoms with van der Waals surface area (Å²) in [5.41, 5.74) is 5.01. The molecule has 7 heteroatoms. The van der Waals surface area contributed by atoms with E-state index in [1.807, 2.05) is 6.08 Å². The van der Waals surface area contributed by atoms with Crippen molar-refractivity contribution in [3.63, 3.8) is 0 Å². The molecule has 0 spiro atoms. The van der Waals surface area contributed by atoms with Gasteiger partial charge in [-0.05, 0) is 45.4 Å².